The van der Waals surface area contributed by atoms with Crippen LogP contribution < -0.4 is 5.32 Å². The van der Waals surface area contributed by atoms with E-state index in [-0.39, 0.29) is 5.91 Å². The van der Waals surface area contributed by atoms with Gasteiger partial charge in [-0.2, -0.15) is 0 Å². The van der Waals surface area contributed by atoms with E-state index < -0.39 is 0 Å². The molecule has 7 heteroatoms. The highest BCUT2D eigenvalue weighted by molar-refractivity contribution is 5.89. The van der Waals surface area contributed by atoms with E-state index in [1.807, 2.05) is 0 Å². The van der Waals surface area contributed by atoms with Crippen LogP contribution in [0.3, 0.4) is 0 Å². The Balaban J connectivity index is 1.70. The van der Waals surface area contributed by atoms with E-state index in [1.54, 1.807) is 17.9 Å². The van der Waals surface area contributed by atoms with Crippen LogP contribution >= 0.6 is 0 Å². The first-order valence-electron chi connectivity index (χ1n) is 5.70. The van der Waals surface area contributed by atoms with Crippen molar-refractivity contribution in [3.8, 4) is 0 Å². The Morgan fingerprint density at radius 1 is 1.53 bits per heavy atom. The largest absolute Gasteiger partial charge is 0.379 e. The van der Waals surface area contributed by atoms with Crippen molar-refractivity contribution in [2.24, 2.45) is 7.05 Å². The maximum atomic E-state index is 11.6. The van der Waals surface area contributed by atoms with Crippen molar-refractivity contribution in [3.63, 3.8) is 0 Å². The predicted octanol–water partition coefficient (Wildman–Crippen LogP) is -0.524. The van der Waals surface area contributed by atoms with E-state index in [1.165, 1.54) is 0 Å². The standard InChI is InChI=1S/C10H17N5O2/c1-14-8-9(12-13-14)11-10(16)2-3-15-4-6-17-7-5-15/h8H,2-7H2,1H3,(H,11,16). The molecule has 0 aliphatic carbocycles. The molecule has 0 spiro atoms. The van der Waals surface area contributed by atoms with Crippen LogP contribution in [-0.4, -0.2) is 58.6 Å². The summed E-state index contributed by atoms with van der Waals surface area (Å²) in [6.07, 6.45) is 2.14. The molecule has 1 fully saturated rings. The van der Waals surface area contributed by atoms with Crippen molar-refractivity contribution in [1.29, 1.82) is 0 Å². The molecule has 0 atom stereocenters. The average molecular weight is 239 g/mol. The number of hydrogen-bond acceptors (Lipinski definition) is 5. The molecule has 0 aromatic carbocycles. The quantitative estimate of drug-likeness (QED) is 0.765. The maximum Gasteiger partial charge on any atom is 0.226 e. The highest BCUT2D eigenvalue weighted by atomic mass is 16.5. The molecular weight excluding hydrogens is 222 g/mol. The number of nitrogens with one attached hydrogen (secondary N) is 1. The van der Waals surface area contributed by atoms with E-state index in [9.17, 15) is 4.79 Å². The van der Waals surface area contributed by atoms with Gasteiger partial charge in [-0.15, -0.1) is 5.10 Å². The van der Waals surface area contributed by atoms with Gasteiger partial charge < -0.3 is 10.1 Å². The Kier molecular flexibility index (Phi) is 4.05. The maximum absolute atomic E-state index is 11.6. The van der Waals surface area contributed by atoms with Gasteiger partial charge in [0.1, 0.15) is 0 Å². The van der Waals surface area contributed by atoms with Gasteiger partial charge >= 0.3 is 0 Å². The van der Waals surface area contributed by atoms with Crippen molar-refractivity contribution >= 4 is 11.7 Å². The summed E-state index contributed by atoms with van der Waals surface area (Å²) in [5.41, 5.74) is 0. The fourth-order valence-corrected chi connectivity index (χ4v) is 1.69. The molecule has 94 valence electrons. The van der Waals surface area contributed by atoms with Crippen molar-refractivity contribution in [2.75, 3.05) is 38.2 Å². The van der Waals surface area contributed by atoms with Crippen molar-refractivity contribution in [1.82, 2.24) is 19.9 Å². The van der Waals surface area contributed by atoms with Crippen LogP contribution in [0.1, 0.15) is 6.42 Å². The lowest BCUT2D eigenvalue weighted by Crippen LogP contribution is -2.38. The molecule has 7 nitrogen and oxygen atoms in total. The van der Waals surface area contributed by atoms with Gasteiger partial charge in [0.15, 0.2) is 5.82 Å². The summed E-state index contributed by atoms with van der Waals surface area (Å²) in [4.78, 5) is 13.8. The summed E-state index contributed by atoms with van der Waals surface area (Å²) in [7, 11) is 1.76. The molecule has 1 aromatic rings. The van der Waals surface area contributed by atoms with E-state index in [4.69, 9.17) is 4.74 Å². The molecular formula is C10H17N5O2. The first-order chi connectivity index (χ1) is 8.24. The van der Waals surface area contributed by atoms with Gasteiger partial charge in [-0.1, -0.05) is 5.21 Å². The van der Waals surface area contributed by atoms with Crippen LogP contribution in [0.5, 0.6) is 0 Å². The molecule has 1 aliphatic rings. The zero-order valence-corrected chi connectivity index (χ0v) is 9.93. The molecule has 1 amide bonds. The molecule has 0 unspecified atom stereocenters. The predicted molar refractivity (Wildman–Crippen MR) is 61.5 cm³/mol. The number of rotatable bonds is 4. The third-order valence-corrected chi connectivity index (χ3v) is 2.63. The molecule has 0 radical (unpaired) electrons. The second-order valence-corrected chi connectivity index (χ2v) is 4.03. The van der Waals surface area contributed by atoms with Gasteiger partial charge in [0.05, 0.1) is 19.4 Å². The van der Waals surface area contributed by atoms with Crippen LogP contribution in [-0.2, 0) is 16.6 Å². The van der Waals surface area contributed by atoms with Crippen LogP contribution in [0.4, 0.5) is 5.82 Å². The topological polar surface area (TPSA) is 72.3 Å². The smallest absolute Gasteiger partial charge is 0.226 e. The average Bonchev–Trinajstić information content (AvgIpc) is 2.73. The molecule has 2 rings (SSSR count). The number of amides is 1. The highest BCUT2D eigenvalue weighted by Crippen LogP contribution is 2.02. The second kappa shape index (κ2) is 5.74. The molecule has 0 bridgehead atoms. The van der Waals surface area contributed by atoms with Crippen LogP contribution in [0.2, 0.25) is 0 Å². The second-order valence-electron chi connectivity index (χ2n) is 4.03. The Labute approximate surface area is 99.7 Å². The van der Waals surface area contributed by atoms with Crippen molar-refractivity contribution < 1.29 is 9.53 Å². The number of hydrogen-bond donors (Lipinski definition) is 1. The molecule has 1 aromatic heterocycles. The normalized spacial score (nSPS) is 17.0. The molecule has 2 heterocycles. The van der Waals surface area contributed by atoms with Gasteiger partial charge in [0.25, 0.3) is 0 Å². The third kappa shape index (κ3) is 3.79. The number of morpholine rings is 1. The van der Waals surface area contributed by atoms with Crippen LogP contribution in [0.15, 0.2) is 6.20 Å². The van der Waals surface area contributed by atoms with Gasteiger partial charge in [-0.25, -0.2) is 0 Å². The summed E-state index contributed by atoms with van der Waals surface area (Å²) in [6.45, 7) is 4.07. The van der Waals surface area contributed by atoms with E-state index in [0.717, 1.165) is 32.8 Å². The minimum Gasteiger partial charge on any atom is -0.379 e. The number of anilines is 1. The minimum atomic E-state index is -0.0306. The number of aryl methyl sites for hydroxylation is 1. The Morgan fingerprint density at radius 2 is 2.29 bits per heavy atom. The SMILES string of the molecule is Cn1cc(NC(=O)CCN2CCOCC2)nn1. The van der Waals surface area contributed by atoms with Crippen LogP contribution in [0, 0.1) is 0 Å². The Hall–Kier alpha value is -1.47. The number of aromatic nitrogens is 3. The van der Waals surface area contributed by atoms with E-state index in [0.29, 0.717) is 12.2 Å². The zero-order valence-electron chi connectivity index (χ0n) is 9.93. The van der Waals surface area contributed by atoms with Gasteiger partial charge in [0.2, 0.25) is 5.91 Å². The molecule has 0 saturated carbocycles. The Morgan fingerprint density at radius 3 is 2.94 bits per heavy atom. The first kappa shape index (κ1) is 12.0. The van der Waals surface area contributed by atoms with Crippen molar-refractivity contribution in [2.45, 2.75) is 6.42 Å². The number of ether oxygens (including phenoxy) is 1. The summed E-state index contributed by atoms with van der Waals surface area (Å²) >= 11 is 0. The number of carbonyl (C=O) groups is 1. The summed E-state index contributed by atoms with van der Waals surface area (Å²) < 4.78 is 6.79. The molecule has 1 aliphatic heterocycles. The molecule has 1 N–H and O–H groups in total. The van der Waals surface area contributed by atoms with Crippen LogP contribution in [0.25, 0.3) is 0 Å². The van der Waals surface area contributed by atoms with E-state index >= 15 is 0 Å². The van der Waals surface area contributed by atoms with Crippen molar-refractivity contribution in [3.05, 3.63) is 6.20 Å². The summed E-state index contributed by atoms with van der Waals surface area (Å²) in [5.74, 6) is 0.469. The lowest BCUT2D eigenvalue weighted by molar-refractivity contribution is -0.116. The van der Waals surface area contributed by atoms with E-state index in [2.05, 4.69) is 20.5 Å². The molecule has 17 heavy (non-hydrogen) atoms. The minimum absolute atomic E-state index is 0.0306. The lowest BCUT2D eigenvalue weighted by atomic mass is 10.3. The van der Waals surface area contributed by atoms with Gasteiger partial charge in [0, 0.05) is 33.1 Å². The molecule has 1 saturated heterocycles. The summed E-state index contributed by atoms with van der Waals surface area (Å²) in [5, 5.41) is 10.3. The fraction of sp³-hybridized carbons (Fsp3) is 0.700. The monoisotopic (exact) mass is 239 g/mol. The lowest BCUT2D eigenvalue weighted by Gasteiger charge is -2.26. The first-order valence-corrected chi connectivity index (χ1v) is 5.70. The fourth-order valence-electron chi connectivity index (χ4n) is 1.69. The highest BCUT2D eigenvalue weighted by Gasteiger charge is 2.12. The Bertz CT molecular complexity index is 373. The van der Waals surface area contributed by atoms with Gasteiger partial charge in [-0.3, -0.25) is 14.4 Å². The third-order valence-electron chi connectivity index (χ3n) is 2.63. The number of nitrogens with zero attached hydrogens (tertiary/aromatic N) is 4. The summed E-state index contributed by atoms with van der Waals surface area (Å²) in [6, 6.07) is 0. The zero-order chi connectivity index (χ0) is 12.1. The van der Waals surface area contributed by atoms with Gasteiger partial charge in [-0.05, 0) is 0 Å². The number of carbonyl (C=O) groups excluding carboxylic acids is 1.